The summed E-state index contributed by atoms with van der Waals surface area (Å²) in [6.45, 7) is 3.89. The van der Waals surface area contributed by atoms with Gasteiger partial charge in [0.05, 0.1) is 5.92 Å². The van der Waals surface area contributed by atoms with E-state index in [0.29, 0.717) is 32.0 Å². The second kappa shape index (κ2) is 5.59. The van der Waals surface area contributed by atoms with Crippen molar-refractivity contribution >= 4 is 12.0 Å². The zero-order chi connectivity index (χ0) is 13.1. The Morgan fingerprint density at radius 1 is 1.39 bits per heavy atom. The van der Waals surface area contributed by atoms with Gasteiger partial charge in [-0.25, -0.2) is 4.79 Å². The molecular formula is C13H22N2O3. The SMILES string of the molecule is CC(CNC(=O)N1CCCC(C(=O)O)C1)C1CC1. The lowest BCUT2D eigenvalue weighted by Crippen LogP contribution is -2.47. The third-order valence-electron chi connectivity index (χ3n) is 4.06. The summed E-state index contributed by atoms with van der Waals surface area (Å²) < 4.78 is 0. The smallest absolute Gasteiger partial charge is 0.317 e. The van der Waals surface area contributed by atoms with E-state index in [0.717, 1.165) is 12.3 Å². The van der Waals surface area contributed by atoms with Gasteiger partial charge in [0.1, 0.15) is 0 Å². The first-order valence-electron chi connectivity index (χ1n) is 6.83. The highest BCUT2D eigenvalue weighted by Crippen LogP contribution is 2.36. The van der Waals surface area contributed by atoms with Gasteiger partial charge in [0.15, 0.2) is 0 Å². The molecule has 0 aromatic carbocycles. The Morgan fingerprint density at radius 3 is 2.72 bits per heavy atom. The average Bonchev–Trinajstić information content (AvgIpc) is 3.20. The van der Waals surface area contributed by atoms with E-state index in [1.807, 2.05) is 0 Å². The number of likely N-dealkylation sites (tertiary alicyclic amines) is 1. The maximum atomic E-state index is 11.9. The molecule has 0 spiro atoms. The highest BCUT2D eigenvalue weighted by atomic mass is 16.4. The molecule has 1 aliphatic carbocycles. The van der Waals surface area contributed by atoms with Crippen LogP contribution >= 0.6 is 0 Å². The fourth-order valence-electron chi connectivity index (χ4n) is 2.56. The number of hydrogen-bond donors (Lipinski definition) is 2. The maximum absolute atomic E-state index is 11.9. The van der Waals surface area contributed by atoms with Crippen LogP contribution < -0.4 is 5.32 Å². The van der Waals surface area contributed by atoms with E-state index in [2.05, 4.69) is 12.2 Å². The van der Waals surface area contributed by atoms with Crippen molar-refractivity contribution < 1.29 is 14.7 Å². The molecule has 2 amide bonds. The summed E-state index contributed by atoms with van der Waals surface area (Å²) in [5, 5.41) is 11.9. The van der Waals surface area contributed by atoms with E-state index in [1.165, 1.54) is 12.8 Å². The number of carbonyl (C=O) groups is 2. The van der Waals surface area contributed by atoms with Crippen LogP contribution in [0.5, 0.6) is 0 Å². The predicted molar refractivity (Wildman–Crippen MR) is 67.2 cm³/mol. The molecule has 0 radical (unpaired) electrons. The zero-order valence-corrected chi connectivity index (χ0v) is 10.9. The summed E-state index contributed by atoms with van der Waals surface area (Å²) in [7, 11) is 0. The molecule has 1 saturated carbocycles. The molecule has 5 heteroatoms. The molecule has 18 heavy (non-hydrogen) atoms. The van der Waals surface area contributed by atoms with Crippen LogP contribution in [-0.4, -0.2) is 41.6 Å². The molecule has 0 bridgehead atoms. The molecule has 1 heterocycles. The lowest BCUT2D eigenvalue weighted by Gasteiger charge is -2.31. The van der Waals surface area contributed by atoms with Crippen LogP contribution in [0, 0.1) is 17.8 Å². The van der Waals surface area contributed by atoms with Gasteiger partial charge in [-0.2, -0.15) is 0 Å². The molecule has 0 aromatic heterocycles. The van der Waals surface area contributed by atoms with Crippen LogP contribution in [0.3, 0.4) is 0 Å². The van der Waals surface area contributed by atoms with Crippen LogP contribution in [0.4, 0.5) is 4.79 Å². The largest absolute Gasteiger partial charge is 0.481 e. The molecule has 2 aliphatic rings. The van der Waals surface area contributed by atoms with Gasteiger partial charge in [-0.15, -0.1) is 0 Å². The first-order chi connectivity index (χ1) is 8.58. The highest BCUT2D eigenvalue weighted by Gasteiger charge is 2.30. The van der Waals surface area contributed by atoms with E-state index in [4.69, 9.17) is 5.11 Å². The minimum Gasteiger partial charge on any atom is -0.481 e. The van der Waals surface area contributed by atoms with Gasteiger partial charge in [0, 0.05) is 19.6 Å². The van der Waals surface area contributed by atoms with Crippen LogP contribution in [0.1, 0.15) is 32.6 Å². The Labute approximate surface area is 108 Å². The molecule has 102 valence electrons. The Hall–Kier alpha value is -1.26. The number of amides is 2. The Balaban J connectivity index is 1.75. The van der Waals surface area contributed by atoms with E-state index in [9.17, 15) is 9.59 Å². The molecule has 5 nitrogen and oxygen atoms in total. The Morgan fingerprint density at radius 2 is 2.11 bits per heavy atom. The van der Waals surface area contributed by atoms with Gasteiger partial charge in [-0.3, -0.25) is 4.79 Å². The third kappa shape index (κ3) is 3.37. The van der Waals surface area contributed by atoms with Gasteiger partial charge < -0.3 is 15.3 Å². The summed E-state index contributed by atoms with van der Waals surface area (Å²) in [5.74, 6) is 0.122. The third-order valence-corrected chi connectivity index (χ3v) is 4.06. The summed E-state index contributed by atoms with van der Waals surface area (Å²) in [6, 6.07) is -0.103. The standard InChI is InChI=1S/C13H22N2O3/c1-9(10-4-5-10)7-14-13(18)15-6-2-3-11(8-15)12(16)17/h9-11H,2-8H2,1H3,(H,14,18)(H,16,17). The lowest BCUT2D eigenvalue weighted by atomic mass is 9.99. The number of hydrogen-bond acceptors (Lipinski definition) is 2. The first-order valence-corrected chi connectivity index (χ1v) is 6.83. The minimum atomic E-state index is -0.793. The van der Waals surface area contributed by atoms with Crippen molar-refractivity contribution in [1.29, 1.82) is 0 Å². The number of nitrogens with zero attached hydrogens (tertiary/aromatic N) is 1. The van der Waals surface area contributed by atoms with E-state index >= 15 is 0 Å². The number of carboxylic acid groups (broad SMARTS) is 1. The van der Waals surface area contributed by atoms with Crippen LogP contribution in [-0.2, 0) is 4.79 Å². The Kier molecular flexibility index (Phi) is 4.09. The fraction of sp³-hybridized carbons (Fsp3) is 0.846. The Bertz CT molecular complexity index is 328. The van der Waals surface area contributed by atoms with Crippen molar-refractivity contribution in [3.63, 3.8) is 0 Å². The van der Waals surface area contributed by atoms with Gasteiger partial charge in [-0.05, 0) is 37.5 Å². The van der Waals surface area contributed by atoms with Gasteiger partial charge >= 0.3 is 12.0 Å². The summed E-state index contributed by atoms with van der Waals surface area (Å²) in [4.78, 5) is 24.5. The molecule has 1 aliphatic heterocycles. The van der Waals surface area contributed by atoms with E-state index in [1.54, 1.807) is 4.90 Å². The fourth-order valence-corrected chi connectivity index (χ4v) is 2.56. The van der Waals surface area contributed by atoms with Crippen molar-refractivity contribution in [3.05, 3.63) is 0 Å². The lowest BCUT2D eigenvalue weighted by molar-refractivity contribution is -0.143. The van der Waals surface area contributed by atoms with Gasteiger partial charge in [-0.1, -0.05) is 6.92 Å². The van der Waals surface area contributed by atoms with E-state index < -0.39 is 11.9 Å². The second-order valence-electron chi connectivity index (χ2n) is 5.62. The van der Waals surface area contributed by atoms with Crippen molar-refractivity contribution in [2.45, 2.75) is 32.6 Å². The normalized spacial score (nSPS) is 25.6. The monoisotopic (exact) mass is 254 g/mol. The summed E-state index contributed by atoms with van der Waals surface area (Å²) >= 11 is 0. The highest BCUT2D eigenvalue weighted by molar-refractivity contribution is 5.76. The van der Waals surface area contributed by atoms with Crippen LogP contribution in [0.15, 0.2) is 0 Å². The quantitative estimate of drug-likeness (QED) is 0.799. The summed E-state index contributed by atoms with van der Waals surface area (Å²) in [6.07, 6.45) is 4.02. The average molecular weight is 254 g/mol. The van der Waals surface area contributed by atoms with Crippen molar-refractivity contribution in [2.75, 3.05) is 19.6 Å². The molecule has 2 fully saturated rings. The molecule has 2 atom stereocenters. The first kappa shape index (κ1) is 13.2. The van der Waals surface area contributed by atoms with Crippen molar-refractivity contribution in [1.82, 2.24) is 10.2 Å². The molecular weight excluding hydrogens is 232 g/mol. The second-order valence-corrected chi connectivity index (χ2v) is 5.62. The molecule has 2 N–H and O–H groups in total. The van der Waals surface area contributed by atoms with Gasteiger partial charge in [0.2, 0.25) is 0 Å². The topological polar surface area (TPSA) is 69.6 Å². The number of aliphatic carboxylic acids is 1. The number of carboxylic acids is 1. The molecule has 2 rings (SSSR count). The molecule has 0 aromatic rings. The van der Waals surface area contributed by atoms with Crippen LogP contribution in [0.2, 0.25) is 0 Å². The number of nitrogens with one attached hydrogen (secondary N) is 1. The van der Waals surface area contributed by atoms with Crippen LogP contribution in [0.25, 0.3) is 0 Å². The number of piperidine rings is 1. The predicted octanol–water partition coefficient (Wildman–Crippen LogP) is 1.54. The number of rotatable bonds is 4. The van der Waals surface area contributed by atoms with Gasteiger partial charge in [0.25, 0.3) is 0 Å². The maximum Gasteiger partial charge on any atom is 0.317 e. The minimum absolute atomic E-state index is 0.103. The molecule has 2 unspecified atom stereocenters. The van der Waals surface area contributed by atoms with Crippen molar-refractivity contribution in [3.8, 4) is 0 Å². The number of carbonyl (C=O) groups excluding carboxylic acids is 1. The summed E-state index contributed by atoms with van der Waals surface area (Å²) in [5.41, 5.74) is 0. The van der Waals surface area contributed by atoms with E-state index in [-0.39, 0.29) is 6.03 Å². The zero-order valence-electron chi connectivity index (χ0n) is 10.9. The van der Waals surface area contributed by atoms with Crippen molar-refractivity contribution in [2.24, 2.45) is 17.8 Å². The molecule has 1 saturated heterocycles. The number of urea groups is 1.